The second-order valence-corrected chi connectivity index (χ2v) is 30.9. The molecule has 0 radical (unpaired) electrons. The predicted molar refractivity (Wildman–Crippen MR) is 144 cm³/mol. The van der Waals surface area contributed by atoms with Gasteiger partial charge in [0, 0.05) is 0 Å². The van der Waals surface area contributed by atoms with Gasteiger partial charge in [0.15, 0.2) is 0 Å². The Hall–Kier alpha value is -0.690. The fourth-order valence-electron chi connectivity index (χ4n) is 8.01. The molecule has 1 atom stereocenters. The summed E-state index contributed by atoms with van der Waals surface area (Å²) in [5.74, 6) is 0. The predicted octanol–water partition coefficient (Wildman–Crippen LogP) is 10.1. The second-order valence-electron chi connectivity index (χ2n) is 12.4. The average molecular weight is 611 g/mol. The van der Waals surface area contributed by atoms with E-state index < -0.39 is 20.0 Å². The molecule has 180 valence electrons. The molecule has 33 heavy (non-hydrogen) atoms. The SMILES string of the molecule is CCCC[C]1([Hf]([CH3])([CH3])[C]2(C)C(C)=C(C)C(C)=C2C)C=Cc2cc3c(cc21)CC(CC)(CC)C3. The normalized spacial score (nSPS) is 25.3. The molecule has 0 saturated carbocycles. The van der Waals surface area contributed by atoms with E-state index in [-0.39, 0.29) is 3.17 Å². The van der Waals surface area contributed by atoms with Gasteiger partial charge >= 0.3 is 210 Å². The third-order valence-corrected chi connectivity index (χ3v) is 33.7. The molecule has 1 aromatic rings. The summed E-state index contributed by atoms with van der Waals surface area (Å²) in [6.07, 6.45) is 14.4. The molecular formula is C32H48Hf. The monoisotopic (exact) mass is 612 g/mol. The molecule has 1 unspecified atom stereocenters. The van der Waals surface area contributed by atoms with E-state index in [1.54, 1.807) is 44.5 Å². The average Bonchev–Trinajstić information content (AvgIpc) is 3.41. The van der Waals surface area contributed by atoms with Gasteiger partial charge in [-0.15, -0.1) is 0 Å². The van der Waals surface area contributed by atoms with Gasteiger partial charge in [0.25, 0.3) is 0 Å². The molecule has 0 saturated heterocycles. The number of fused-ring (bicyclic) bond motifs is 2. The van der Waals surface area contributed by atoms with Crippen molar-refractivity contribution in [1.82, 2.24) is 0 Å². The summed E-state index contributed by atoms with van der Waals surface area (Å²) in [6, 6.07) is 5.34. The van der Waals surface area contributed by atoms with Crippen LogP contribution in [0, 0.1) is 5.41 Å². The third kappa shape index (κ3) is 3.30. The van der Waals surface area contributed by atoms with E-state index in [4.69, 9.17) is 0 Å². The zero-order chi connectivity index (χ0) is 24.4. The molecule has 1 aromatic carbocycles. The summed E-state index contributed by atoms with van der Waals surface area (Å²) in [6.45, 7) is 19.5. The Kier molecular flexibility index (Phi) is 6.51. The Morgan fingerprint density at radius 1 is 0.848 bits per heavy atom. The van der Waals surface area contributed by atoms with Gasteiger partial charge in [-0.05, 0) is 0 Å². The molecule has 0 amide bonds. The Labute approximate surface area is 209 Å². The van der Waals surface area contributed by atoms with Gasteiger partial charge in [-0.25, -0.2) is 0 Å². The molecule has 0 aromatic heterocycles. The van der Waals surface area contributed by atoms with E-state index >= 15 is 0 Å². The summed E-state index contributed by atoms with van der Waals surface area (Å²) >= 11 is -3.08. The Balaban J connectivity index is 1.90. The van der Waals surface area contributed by atoms with E-state index in [0.29, 0.717) is 8.59 Å². The fourth-order valence-corrected chi connectivity index (χ4v) is 27.2. The van der Waals surface area contributed by atoms with E-state index in [0.717, 1.165) is 0 Å². The number of hydrogen-bond donors (Lipinski definition) is 0. The number of hydrogen-bond acceptors (Lipinski definition) is 0. The van der Waals surface area contributed by atoms with Crippen LogP contribution in [0.15, 0.2) is 40.5 Å². The first-order valence-corrected chi connectivity index (χ1v) is 24.4. The number of rotatable bonds is 7. The van der Waals surface area contributed by atoms with Crippen molar-refractivity contribution in [3.8, 4) is 0 Å². The molecule has 0 fully saturated rings. The molecule has 3 aliphatic rings. The molecule has 0 aliphatic heterocycles. The minimum absolute atomic E-state index is 0.288. The van der Waals surface area contributed by atoms with Crippen LogP contribution in [0.3, 0.4) is 0 Å². The molecule has 0 nitrogen and oxygen atoms in total. The van der Waals surface area contributed by atoms with Gasteiger partial charge in [0.2, 0.25) is 0 Å². The Morgan fingerprint density at radius 2 is 1.39 bits per heavy atom. The van der Waals surface area contributed by atoms with Crippen LogP contribution < -0.4 is 0 Å². The van der Waals surface area contributed by atoms with Crippen molar-refractivity contribution in [2.45, 2.75) is 116 Å². The Morgan fingerprint density at radius 3 is 1.91 bits per heavy atom. The molecule has 4 rings (SSSR count). The zero-order valence-electron chi connectivity index (χ0n) is 23.3. The topological polar surface area (TPSA) is 0 Å². The van der Waals surface area contributed by atoms with Crippen molar-refractivity contribution in [3.05, 3.63) is 62.8 Å². The van der Waals surface area contributed by atoms with Crippen LogP contribution >= 0.6 is 0 Å². The van der Waals surface area contributed by atoms with Gasteiger partial charge < -0.3 is 0 Å². The Bertz CT molecular complexity index is 1030. The van der Waals surface area contributed by atoms with Crippen LogP contribution in [0.5, 0.6) is 0 Å². The second kappa shape index (κ2) is 8.46. The number of allylic oxidation sites excluding steroid dienone is 5. The first-order chi connectivity index (χ1) is 15.4. The summed E-state index contributed by atoms with van der Waals surface area (Å²) in [7, 11) is 0. The van der Waals surface area contributed by atoms with Crippen molar-refractivity contribution < 1.29 is 20.0 Å². The quantitative estimate of drug-likeness (QED) is 0.269. The summed E-state index contributed by atoms with van der Waals surface area (Å²) in [5.41, 5.74) is 13.6. The van der Waals surface area contributed by atoms with Crippen molar-refractivity contribution >= 4 is 6.08 Å². The molecule has 0 bridgehead atoms. The van der Waals surface area contributed by atoms with E-state index in [1.165, 1.54) is 44.9 Å². The van der Waals surface area contributed by atoms with Gasteiger partial charge in [-0.1, -0.05) is 0 Å². The number of benzene rings is 1. The van der Waals surface area contributed by atoms with Crippen LogP contribution in [0.25, 0.3) is 6.08 Å². The van der Waals surface area contributed by atoms with Gasteiger partial charge in [0.05, 0.1) is 0 Å². The maximum atomic E-state index is 2.80. The van der Waals surface area contributed by atoms with Crippen molar-refractivity contribution in [2.75, 3.05) is 0 Å². The third-order valence-electron chi connectivity index (χ3n) is 11.5. The van der Waals surface area contributed by atoms with Crippen molar-refractivity contribution in [3.63, 3.8) is 0 Å². The summed E-state index contributed by atoms with van der Waals surface area (Å²) < 4.78 is 6.18. The molecule has 1 heteroatoms. The van der Waals surface area contributed by atoms with Crippen LogP contribution in [0.1, 0.15) is 110 Å². The minimum atomic E-state index is -3.08. The van der Waals surface area contributed by atoms with Crippen LogP contribution in [0.4, 0.5) is 0 Å². The number of unbranched alkanes of at least 4 members (excludes halogenated alkanes) is 1. The first kappa shape index (κ1) is 25.4. The van der Waals surface area contributed by atoms with E-state index in [1.807, 2.05) is 0 Å². The van der Waals surface area contributed by atoms with Crippen LogP contribution in [-0.2, 0) is 36.0 Å². The molecule has 0 spiro atoms. The standard InChI is InChI=1S/C20H27.C10H15.2CH3.Hf/c1-4-7-8-15-9-10-16-11-17-13-20(5-2,6-3)14-18(17)12-19(15)16;1-6-7(2)9(4)10(5)8(6)3;;;/h9-12H,4-8,13-14H2,1-3H3;1-5H3;2*1H3;. The molecular weight excluding hydrogens is 563 g/mol. The summed E-state index contributed by atoms with van der Waals surface area (Å²) in [5, 5.41) is 0. The van der Waals surface area contributed by atoms with Gasteiger partial charge in [-0.2, -0.15) is 0 Å². The maximum absolute atomic E-state index is 3.08. The van der Waals surface area contributed by atoms with Crippen LogP contribution in [-0.4, -0.2) is 0 Å². The van der Waals surface area contributed by atoms with Gasteiger partial charge in [0.1, 0.15) is 0 Å². The molecule has 0 N–H and O–H groups in total. The van der Waals surface area contributed by atoms with Gasteiger partial charge in [-0.3, -0.25) is 0 Å². The molecule has 0 heterocycles. The fraction of sp³-hybridized carbons (Fsp3) is 0.625. The summed E-state index contributed by atoms with van der Waals surface area (Å²) in [4.78, 5) is 0. The zero-order valence-corrected chi connectivity index (χ0v) is 26.9. The first-order valence-electron chi connectivity index (χ1n) is 13.7. The van der Waals surface area contributed by atoms with E-state index in [2.05, 4.69) is 89.0 Å². The van der Waals surface area contributed by atoms with E-state index in [9.17, 15) is 0 Å². The van der Waals surface area contributed by atoms with Crippen LogP contribution in [0.2, 0.25) is 12.5 Å². The molecule has 3 aliphatic carbocycles. The van der Waals surface area contributed by atoms with Crippen molar-refractivity contribution in [2.24, 2.45) is 5.41 Å². The van der Waals surface area contributed by atoms with Crippen molar-refractivity contribution in [1.29, 1.82) is 0 Å².